The molecular weight excluding hydrogens is 290 g/mol. The second-order valence-electron chi connectivity index (χ2n) is 5.97. The molecular formula is C17H23N5O. The molecule has 6 heteroatoms. The zero-order valence-electron chi connectivity index (χ0n) is 13.4. The van der Waals surface area contributed by atoms with Crippen molar-refractivity contribution in [3.05, 3.63) is 47.7 Å². The third-order valence-corrected chi connectivity index (χ3v) is 4.05. The first kappa shape index (κ1) is 15.6. The van der Waals surface area contributed by atoms with Gasteiger partial charge in [0.1, 0.15) is 5.82 Å². The molecule has 1 aromatic heterocycles. The topological polar surface area (TPSA) is 71.0 Å². The molecule has 122 valence electrons. The van der Waals surface area contributed by atoms with Crippen molar-refractivity contribution in [1.29, 1.82) is 0 Å². The predicted octanol–water partition coefficient (Wildman–Crippen LogP) is 1.25. The molecule has 1 amide bonds. The molecule has 2 aromatic rings. The Morgan fingerprint density at radius 2 is 2.13 bits per heavy atom. The fraction of sp³-hybridized carbons (Fsp3) is 0.412. The molecule has 1 aliphatic rings. The minimum atomic E-state index is -0.0210. The Balaban J connectivity index is 1.33. The summed E-state index contributed by atoms with van der Waals surface area (Å²) in [4.78, 5) is 12.0. The number of fused-ring (bicyclic) bond motifs is 1. The minimum absolute atomic E-state index is 0.0210. The molecule has 1 atom stereocenters. The van der Waals surface area contributed by atoms with Gasteiger partial charge in [0, 0.05) is 50.3 Å². The Bertz CT molecular complexity index is 649. The highest BCUT2D eigenvalue weighted by molar-refractivity contribution is 5.94. The highest BCUT2D eigenvalue weighted by atomic mass is 16.1. The summed E-state index contributed by atoms with van der Waals surface area (Å²) in [7, 11) is 0. The Hall–Kier alpha value is -2.34. The largest absolute Gasteiger partial charge is 0.370 e. The summed E-state index contributed by atoms with van der Waals surface area (Å²) in [5.74, 6) is 1.58. The lowest BCUT2D eigenvalue weighted by Gasteiger charge is -2.25. The van der Waals surface area contributed by atoms with Gasteiger partial charge < -0.3 is 16.0 Å². The van der Waals surface area contributed by atoms with Crippen molar-refractivity contribution < 1.29 is 4.79 Å². The molecule has 1 aromatic carbocycles. The van der Waals surface area contributed by atoms with E-state index in [2.05, 4.69) is 21.0 Å². The number of aryl methyl sites for hydroxylation is 1. The van der Waals surface area contributed by atoms with Crippen LogP contribution in [0.3, 0.4) is 0 Å². The molecule has 0 radical (unpaired) electrons. The number of carbonyl (C=O) groups excluding carboxylic acids is 1. The van der Waals surface area contributed by atoms with Crippen LogP contribution in [0.25, 0.3) is 0 Å². The van der Waals surface area contributed by atoms with Gasteiger partial charge in [0.2, 0.25) is 0 Å². The molecule has 3 N–H and O–H groups in total. The van der Waals surface area contributed by atoms with Gasteiger partial charge in [0.25, 0.3) is 5.91 Å². The van der Waals surface area contributed by atoms with Crippen LogP contribution in [0.2, 0.25) is 0 Å². The van der Waals surface area contributed by atoms with Crippen molar-refractivity contribution in [3.8, 4) is 0 Å². The number of hydrogen-bond acceptors (Lipinski definition) is 4. The van der Waals surface area contributed by atoms with Gasteiger partial charge in [-0.15, -0.1) is 0 Å². The fourth-order valence-electron chi connectivity index (χ4n) is 2.70. The van der Waals surface area contributed by atoms with E-state index >= 15 is 0 Å². The lowest BCUT2D eigenvalue weighted by Crippen LogP contribution is -2.38. The van der Waals surface area contributed by atoms with Gasteiger partial charge >= 0.3 is 0 Å². The van der Waals surface area contributed by atoms with Crippen molar-refractivity contribution in [2.45, 2.75) is 13.5 Å². The van der Waals surface area contributed by atoms with Crippen LogP contribution >= 0.6 is 0 Å². The lowest BCUT2D eigenvalue weighted by molar-refractivity contribution is 0.0954. The summed E-state index contributed by atoms with van der Waals surface area (Å²) < 4.78 is 2.00. The van der Waals surface area contributed by atoms with E-state index in [0.29, 0.717) is 18.0 Å². The lowest BCUT2D eigenvalue weighted by atomic mass is 10.1. The van der Waals surface area contributed by atoms with Crippen LogP contribution in [0.4, 0.5) is 5.82 Å². The Morgan fingerprint density at radius 1 is 1.30 bits per heavy atom. The molecule has 6 nitrogen and oxygen atoms in total. The van der Waals surface area contributed by atoms with Crippen LogP contribution in [-0.2, 0) is 6.54 Å². The second-order valence-corrected chi connectivity index (χ2v) is 5.97. The number of anilines is 1. The van der Waals surface area contributed by atoms with E-state index in [0.717, 1.165) is 37.6 Å². The van der Waals surface area contributed by atoms with E-state index in [1.807, 2.05) is 48.1 Å². The molecule has 0 aliphatic carbocycles. The number of nitrogens with one attached hydrogen (secondary N) is 3. The van der Waals surface area contributed by atoms with E-state index in [-0.39, 0.29) is 5.91 Å². The summed E-state index contributed by atoms with van der Waals surface area (Å²) in [5, 5.41) is 14.0. The van der Waals surface area contributed by atoms with E-state index in [4.69, 9.17) is 0 Å². The molecule has 23 heavy (non-hydrogen) atoms. The highest BCUT2D eigenvalue weighted by Crippen LogP contribution is 2.15. The van der Waals surface area contributed by atoms with E-state index in [1.165, 1.54) is 0 Å². The van der Waals surface area contributed by atoms with Crippen LogP contribution in [-0.4, -0.2) is 41.9 Å². The van der Waals surface area contributed by atoms with Crippen molar-refractivity contribution in [3.63, 3.8) is 0 Å². The van der Waals surface area contributed by atoms with E-state index < -0.39 is 0 Å². The van der Waals surface area contributed by atoms with Crippen LogP contribution in [0.15, 0.2) is 36.5 Å². The quantitative estimate of drug-likeness (QED) is 0.702. The predicted molar refractivity (Wildman–Crippen MR) is 90.6 cm³/mol. The number of benzene rings is 1. The van der Waals surface area contributed by atoms with Crippen LogP contribution in [0.5, 0.6) is 0 Å². The first-order valence-corrected chi connectivity index (χ1v) is 8.03. The van der Waals surface area contributed by atoms with Crippen molar-refractivity contribution in [2.24, 2.45) is 5.92 Å². The average Bonchev–Trinajstić information content (AvgIpc) is 3.02. The highest BCUT2D eigenvalue weighted by Gasteiger charge is 2.17. The van der Waals surface area contributed by atoms with Gasteiger partial charge in [-0.2, -0.15) is 5.10 Å². The molecule has 0 saturated carbocycles. The summed E-state index contributed by atoms with van der Waals surface area (Å²) in [5.41, 5.74) is 1.86. The maximum Gasteiger partial charge on any atom is 0.251 e. The van der Waals surface area contributed by atoms with Gasteiger partial charge in [0.15, 0.2) is 0 Å². The molecule has 1 unspecified atom stereocenters. The number of nitrogens with zero attached hydrogens (tertiary/aromatic N) is 2. The maximum atomic E-state index is 12.0. The SMILES string of the molecule is Cc1ccc(C(=O)NCCNCC2CNc3ccnn3C2)cc1. The molecule has 0 fully saturated rings. The molecule has 2 heterocycles. The standard InChI is InChI=1S/C17H23N5O/c1-13-2-4-15(5-3-13)17(23)19-9-8-18-10-14-11-20-16-6-7-21-22(16)12-14/h2-7,14,18,20H,8-12H2,1H3,(H,19,23). The zero-order valence-corrected chi connectivity index (χ0v) is 13.4. The van der Waals surface area contributed by atoms with Gasteiger partial charge in [-0.3, -0.25) is 4.79 Å². The number of rotatable bonds is 6. The third kappa shape index (κ3) is 4.10. The Labute approximate surface area is 136 Å². The van der Waals surface area contributed by atoms with E-state index in [1.54, 1.807) is 0 Å². The van der Waals surface area contributed by atoms with Crippen molar-refractivity contribution >= 4 is 11.7 Å². The van der Waals surface area contributed by atoms with Crippen LogP contribution < -0.4 is 16.0 Å². The van der Waals surface area contributed by atoms with Crippen LogP contribution in [0, 0.1) is 12.8 Å². The van der Waals surface area contributed by atoms with Crippen molar-refractivity contribution in [1.82, 2.24) is 20.4 Å². The molecule has 3 rings (SSSR count). The number of hydrogen-bond donors (Lipinski definition) is 3. The molecule has 0 spiro atoms. The minimum Gasteiger partial charge on any atom is -0.370 e. The van der Waals surface area contributed by atoms with Gasteiger partial charge in [-0.05, 0) is 19.1 Å². The molecule has 0 saturated heterocycles. The normalized spacial score (nSPS) is 16.5. The monoisotopic (exact) mass is 313 g/mol. The van der Waals surface area contributed by atoms with E-state index in [9.17, 15) is 4.79 Å². The molecule has 0 bridgehead atoms. The molecule has 1 aliphatic heterocycles. The Kier molecular flexibility index (Phi) is 4.92. The zero-order chi connectivity index (χ0) is 16.1. The third-order valence-electron chi connectivity index (χ3n) is 4.05. The summed E-state index contributed by atoms with van der Waals surface area (Å²) >= 11 is 0. The van der Waals surface area contributed by atoms with Crippen molar-refractivity contribution in [2.75, 3.05) is 31.5 Å². The van der Waals surface area contributed by atoms with Gasteiger partial charge in [-0.1, -0.05) is 17.7 Å². The smallest absolute Gasteiger partial charge is 0.251 e. The average molecular weight is 313 g/mol. The first-order chi connectivity index (χ1) is 11.2. The van der Waals surface area contributed by atoms with Gasteiger partial charge in [0.05, 0.1) is 6.20 Å². The van der Waals surface area contributed by atoms with Gasteiger partial charge in [-0.25, -0.2) is 4.68 Å². The second kappa shape index (κ2) is 7.28. The number of amides is 1. The number of carbonyl (C=O) groups is 1. The fourth-order valence-corrected chi connectivity index (χ4v) is 2.70. The Morgan fingerprint density at radius 3 is 2.96 bits per heavy atom. The summed E-state index contributed by atoms with van der Waals surface area (Å²) in [6, 6.07) is 9.60. The first-order valence-electron chi connectivity index (χ1n) is 8.03. The summed E-state index contributed by atoms with van der Waals surface area (Å²) in [6.45, 7) is 6.19. The maximum absolute atomic E-state index is 12.0. The summed E-state index contributed by atoms with van der Waals surface area (Å²) in [6.07, 6.45) is 1.82. The van der Waals surface area contributed by atoms with Crippen LogP contribution in [0.1, 0.15) is 15.9 Å². The number of aromatic nitrogens is 2.